The standard InChI is InChI=1S/C16H23BrClNO/c1-4-20-16-13(17)8-12(18)9-15(16)19-14-7-5-6-10(2)11(14)3/h8-11,14,19H,4-7H2,1-3H3. The number of nitrogens with one attached hydrogen (secondary N) is 1. The minimum absolute atomic E-state index is 0.489. The van der Waals surface area contributed by atoms with Crippen molar-refractivity contribution in [2.45, 2.75) is 46.1 Å². The summed E-state index contributed by atoms with van der Waals surface area (Å²) in [6.45, 7) is 7.32. The first-order valence-corrected chi connectivity index (χ1v) is 8.58. The topological polar surface area (TPSA) is 21.3 Å². The molecule has 0 aromatic heterocycles. The number of hydrogen-bond donors (Lipinski definition) is 1. The van der Waals surface area contributed by atoms with Gasteiger partial charge in [0.2, 0.25) is 0 Å². The molecule has 0 aliphatic heterocycles. The first kappa shape index (κ1) is 16.0. The van der Waals surface area contributed by atoms with Gasteiger partial charge in [0.1, 0.15) is 0 Å². The van der Waals surface area contributed by atoms with E-state index in [0.29, 0.717) is 18.6 Å². The van der Waals surface area contributed by atoms with Crippen LogP contribution in [0.25, 0.3) is 0 Å². The molecule has 112 valence electrons. The molecule has 3 unspecified atom stereocenters. The summed E-state index contributed by atoms with van der Waals surface area (Å²) in [5.41, 5.74) is 0.997. The van der Waals surface area contributed by atoms with Crippen LogP contribution in [-0.2, 0) is 0 Å². The summed E-state index contributed by atoms with van der Waals surface area (Å²) in [6, 6.07) is 4.33. The van der Waals surface area contributed by atoms with Gasteiger partial charge in [0, 0.05) is 11.1 Å². The van der Waals surface area contributed by atoms with Crippen molar-refractivity contribution < 1.29 is 4.74 Å². The number of benzene rings is 1. The van der Waals surface area contributed by atoms with Crippen LogP contribution in [0.15, 0.2) is 16.6 Å². The molecule has 1 aliphatic carbocycles. The smallest absolute Gasteiger partial charge is 0.156 e. The predicted molar refractivity (Wildman–Crippen MR) is 89.9 cm³/mol. The summed E-state index contributed by atoms with van der Waals surface area (Å²) in [5, 5.41) is 4.38. The number of ether oxygens (including phenoxy) is 1. The number of rotatable bonds is 4. The lowest BCUT2D eigenvalue weighted by molar-refractivity contribution is 0.252. The van der Waals surface area contributed by atoms with Gasteiger partial charge in [-0.1, -0.05) is 38.3 Å². The molecule has 1 aromatic carbocycles. The van der Waals surface area contributed by atoms with E-state index < -0.39 is 0 Å². The van der Waals surface area contributed by atoms with E-state index in [1.54, 1.807) is 0 Å². The second kappa shape index (κ2) is 7.04. The monoisotopic (exact) mass is 359 g/mol. The van der Waals surface area contributed by atoms with Crippen LogP contribution in [0.1, 0.15) is 40.0 Å². The van der Waals surface area contributed by atoms with Gasteiger partial charge < -0.3 is 10.1 Å². The summed E-state index contributed by atoms with van der Waals surface area (Å²) < 4.78 is 6.67. The van der Waals surface area contributed by atoms with Gasteiger partial charge in [0.05, 0.1) is 16.8 Å². The maximum Gasteiger partial charge on any atom is 0.156 e. The van der Waals surface area contributed by atoms with E-state index in [9.17, 15) is 0 Å². The SMILES string of the molecule is CCOc1c(Br)cc(Cl)cc1NC1CCCC(C)C1C. The van der Waals surface area contributed by atoms with E-state index >= 15 is 0 Å². The molecule has 4 heteroatoms. The molecule has 1 aliphatic rings. The van der Waals surface area contributed by atoms with Gasteiger partial charge in [-0.05, 0) is 53.2 Å². The van der Waals surface area contributed by atoms with Gasteiger partial charge in [-0.15, -0.1) is 0 Å². The maximum atomic E-state index is 6.18. The molecule has 1 N–H and O–H groups in total. The van der Waals surface area contributed by atoms with Crippen LogP contribution >= 0.6 is 27.5 Å². The molecule has 1 saturated carbocycles. The number of hydrogen-bond acceptors (Lipinski definition) is 2. The van der Waals surface area contributed by atoms with Crippen molar-refractivity contribution in [2.75, 3.05) is 11.9 Å². The number of anilines is 1. The van der Waals surface area contributed by atoms with Crippen LogP contribution in [0.5, 0.6) is 5.75 Å². The lowest BCUT2D eigenvalue weighted by Gasteiger charge is -2.35. The Morgan fingerprint density at radius 3 is 2.80 bits per heavy atom. The zero-order valence-corrected chi connectivity index (χ0v) is 14.7. The Morgan fingerprint density at radius 2 is 2.10 bits per heavy atom. The summed E-state index contributed by atoms with van der Waals surface area (Å²) in [4.78, 5) is 0. The number of halogens is 2. The maximum absolute atomic E-state index is 6.18. The van der Waals surface area contributed by atoms with E-state index in [-0.39, 0.29) is 0 Å². The van der Waals surface area contributed by atoms with E-state index in [0.717, 1.165) is 26.9 Å². The predicted octanol–water partition coefficient (Wildman–Crippen LogP) is 5.74. The molecule has 0 bridgehead atoms. The fourth-order valence-corrected chi connectivity index (χ4v) is 3.87. The van der Waals surface area contributed by atoms with Crippen molar-refractivity contribution in [1.82, 2.24) is 0 Å². The van der Waals surface area contributed by atoms with Crippen molar-refractivity contribution >= 4 is 33.2 Å². The summed E-state index contributed by atoms with van der Waals surface area (Å²) >= 11 is 9.72. The van der Waals surface area contributed by atoms with E-state index in [1.165, 1.54) is 19.3 Å². The largest absolute Gasteiger partial charge is 0.491 e. The zero-order chi connectivity index (χ0) is 14.7. The lowest BCUT2D eigenvalue weighted by atomic mass is 9.78. The highest BCUT2D eigenvalue weighted by Gasteiger charge is 2.27. The van der Waals surface area contributed by atoms with Crippen LogP contribution < -0.4 is 10.1 Å². The minimum atomic E-state index is 0.489. The Hall–Kier alpha value is -0.410. The first-order valence-electron chi connectivity index (χ1n) is 7.41. The van der Waals surface area contributed by atoms with E-state index in [1.807, 2.05) is 19.1 Å². The van der Waals surface area contributed by atoms with Crippen molar-refractivity contribution in [3.05, 3.63) is 21.6 Å². The zero-order valence-electron chi connectivity index (χ0n) is 12.4. The van der Waals surface area contributed by atoms with Gasteiger partial charge >= 0.3 is 0 Å². The average Bonchev–Trinajstić information content (AvgIpc) is 2.39. The van der Waals surface area contributed by atoms with Crippen LogP contribution in [0, 0.1) is 11.8 Å². The van der Waals surface area contributed by atoms with Crippen molar-refractivity contribution in [2.24, 2.45) is 11.8 Å². The Kier molecular flexibility index (Phi) is 5.62. The molecule has 1 fully saturated rings. The highest BCUT2D eigenvalue weighted by Crippen LogP contribution is 2.39. The molecule has 2 rings (SSSR count). The Bertz CT molecular complexity index is 466. The Morgan fingerprint density at radius 1 is 1.35 bits per heavy atom. The van der Waals surface area contributed by atoms with Crippen LogP contribution in [0.3, 0.4) is 0 Å². The summed E-state index contributed by atoms with van der Waals surface area (Å²) in [5.74, 6) is 2.29. The van der Waals surface area contributed by atoms with E-state index in [4.69, 9.17) is 16.3 Å². The van der Waals surface area contributed by atoms with Gasteiger partial charge in [-0.25, -0.2) is 0 Å². The Labute approximate surface area is 135 Å². The fourth-order valence-electron chi connectivity index (χ4n) is 2.94. The van der Waals surface area contributed by atoms with Gasteiger partial charge in [-0.2, -0.15) is 0 Å². The van der Waals surface area contributed by atoms with Crippen LogP contribution in [0.2, 0.25) is 5.02 Å². The van der Waals surface area contributed by atoms with Crippen molar-refractivity contribution in [3.63, 3.8) is 0 Å². The average molecular weight is 361 g/mol. The highest BCUT2D eigenvalue weighted by molar-refractivity contribution is 9.10. The van der Waals surface area contributed by atoms with Crippen LogP contribution in [-0.4, -0.2) is 12.6 Å². The molecule has 0 radical (unpaired) electrons. The third-order valence-electron chi connectivity index (χ3n) is 4.34. The minimum Gasteiger partial charge on any atom is -0.491 e. The molecular weight excluding hydrogens is 338 g/mol. The Balaban J connectivity index is 2.23. The van der Waals surface area contributed by atoms with Crippen molar-refractivity contribution in [3.8, 4) is 5.75 Å². The molecule has 0 amide bonds. The van der Waals surface area contributed by atoms with Crippen LogP contribution in [0.4, 0.5) is 5.69 Å². The molecular formula is C16H23BrClNO. The molecule has 3 atom stereocenters. The molecule has 20 heavy (non-hydrogen) atoms. The molecule has 1 aromatic rings. The fraction of sp³-hybridized carbons (Fsp3) is 0.625. The lowest BCUT2D eigenvalue weighted by Crippen LogP contribution is -2.35. The van der Waals surface area contributed by atoms with Crippen molar-refractivity contribution in [1.29, 1.82) is 0 Å². The van der Waals surface area contributed by atoms with Gasteiger partial charge in [-0.3, -0.25) is 0 Å². The molecule has 0 spiro atoms. The highest BCUT2D eigenvalue weighted by atomic mass is 79.9. The quantitative estimate of drug-likeness (QED) is 0.739. The molecule has 0 saturated heterocycles. The molecule has 0 heterocycles. The summed E-state index contributed by atoms with van der Waals surface area (Å²) in [6.07, 6.45) is 3.83. The van der Waals surface area contributed by atoms with Gasteiger partial charge in [0.15, 0.2) is 5.75 Å². The second-order valence-corrected chi connectivity index (χ2v) is 7.01. The summed E-state index contributed by atoms with van der Waals surface area (Å²) in [7, 11) is 0. The normalized spacial score (nSPS) is 26.4. The van der Waals surface area contributed by atoms with E-state index in [2.05, 4.69) is 35.1 Å². The second-order valence-electron chi connectivity index (χ2n) is 5.72. The third-order valence-corrected chi connectivity index (χ3v) is 5.15. The molecule has 2 nitrogen and oxygen atoms in total. The van der Waals surface area contributed by atoms with Gasteiger partial charge in [0.25, 0.3) is 0 Å². The first-order chi connectivity index (χ1) is 9.52. The third kappa shape index (κ3) is 3.62.